The van der Waals surface area contributed by atoms with Gasteiger partial charge in [0.2, 0.25) is 0 Å². The molecule has 0 amide bonds. The first-order valence-corrected chi connectivity index (χ1v) is 2.61. The molecule has 0 aromatic heterocycles. The molecule has 0 unspecified atom stereocenters. The van der Waals surface area contributed by atoms with Crippen molar-refractivity contribution < 1.29 is 28.7 Å². The van der Waals surface area contributed by atoms with Crippen molar-refractivity contribution in [2.75, 3.05) is 0 Å². The Kier molecular flexibility index (Phi) is 14.8. The molecule has 0 radical (unpaired) electrons. The molecule has 0 aliphatic rings. The molecule has 0 rings (SSSR count). The number of hydrogen-bond acceptors (Lipinski definition) is 3. The summed E-state index contributed by atoms with van der Waals surface area (Å²) < 4.78 is 33.1. The molecule has 7 heavy (non-hydrogen) atoms. The summed E-state index contributed by atoms with van der Waals surface area (Å²) in [4.78, 5) is 0. The van der Waals surface area contributed by atoms with Gasteiger partial charge in [0.05, 0.1) is 0 Å². The molecule has 0 aromatic rings. The van der Waals surface area contributed by atoms with Gasteiger partial charge in [-0.3, -0.25) is 0 Å². The minimum atomic E-state index is -5.38. The average molecular weight is 186 g/mol. The summed E-state index contributed by atoms with van der Waals surface area (Å²) in [6.07, 6.45) is 0. The van der Waals surface area contributed by atoms with Crippen molar-refractivity contribution in [1.29, 1.82) is 0 Å². The van der Waals surface area contributed by atoms with E-state index in [1.54, 1.807) is 0 Å². The van der Waals surface area contributed by atoms with Gasteiger partial charge in [0.1, 0.15) is 0 Å². The van der Waals surface area contributed by atoms with E-state index in [-0.39, 0.29) is 74.4 Å². The van der Waals surface area contributed by atoms with Crippen molar-refractivity contribution >= 4 is 74.4 Å². The summed E-state index contributed by atoms with van der Waals surface area (Å²) in [5, 5.41) is 0. The second kappa shape index (κ2) is 6.40. The quantitative estimate of drug-likeness (QED) is 0.425. The molecule has 0 bridgehead atoms. The molecule has 0 spiro atoms. The fourth-order valence-corrected chi connectivity index (χ4v) is 0. The maximum atomic E-state index is 8.69. The van der Waals surface area contributed by atoms with Crippen molar-refractivity contribution in [2.24, 2.45) is 0 Å². The summed E-state index contributed by atoms with van der Waals surface area (Å²) in [6, 6.07) is 0. The van der Waals surface area contributed by atoms with Crippen LogP contribution in [0.1, 0.15) is 0 Å². The van der Waals surface area contributed by atoms with Crippen LogP contribution in [0.25, 0.3) is 0 Å². The van der Waals surface area contributed by atoms with E-state index in [0.717, 1.165) is 0 Å². The Morgan fingerprint density at radius 1 is 1.14 bits per heavy atom. The van der Waals surface area contributed by atoms with Crippen LogP contribution in [-0.4, -0.2) is 78.6 Å². The SMILES string of the molecule is [KH].[MgH2].[O]=[Mn](=[O])(=[O])[OH]. The van der Waals surface area contributed by atoms with Crippen LogP contribution in [0, 0.1) is 0 Å². The molecule has 0 aliphatic carbocycles. The second-order valence-corrected chi connectivity index (χ2v) is 1.63. The van der Waals surface area contributed by atoms with Crippen molar-refractivity contribution in [3.05, 3.63) is 0 Å². The van der Waals surface area contributed by atoms with Crippen molar-refractivity contribution in [3.8, 4) is 0 Å². The first kappa shape index (κ1) is 16.1. The second-order valence-electron chi connectivity index (χ2n) is 0.396. The van der Waals surface area contributed by atoms with E-state index >= 15 is 0 Å². The molecule has 38 valence electrons. The summed E-state index contributed by atoms with van der Waals surface area (Å²) in [5.74, 6) is 0. The van der Waals surface area contributed by atoms with Gasteiger partial charge in [-0.15, -0.1) is 0 Å². The zero-order valence-electron chi connectivity index (χ0n) is 2.05. The Bertz CT molecular complexity index is 133. The standard InChI is InChI=1S/K.Mg.Mn.H2O.3O.3H/h;;;1H2;;;;;;/q;;+1;;;;;;;/p-1. The van der Waals surface area contributed by atoms with Gasteiger partial charge in [0.15, 0.2) is 0 Å². The summed E-state index contributed by atoms with van der Waals surface area (Å²) >= 11 is -5.38. The van der Waals surface area contributed by atoms with Crippen molar-refractivity contribution in [2.45, 2.75) is 0 Å². The molecule has 7 heteroatoms. The van der Waals surface area contributed by atoms with E-state index in [2.05, 4.69) is 0 Å². The van der Waals surface area contributed by atoms with Gasteiger partial charge < -0.3 is 0 Å². The van der Waals surface area contributed by atoms with Gasteiger partial charge in [-0.2, -0.15) is 0 Å². The monoisotopic (exact) mass is 186 g/mol. The van der Waals surface area contributed by atoms with E-state index in [1.807, 2.05) is 0 Å². The molecule has 0 saturated carbocycles. The minimum absolute atomic E-state index is 0. The average Bonchev–Trinajstić information content (AvgIpc) is 0.722. The van der Waals surface area contributed by atoms with Gasteiger partial charge in [-0.25, -0.2) is 0 Å². The molecular formula is H4KMgMnO4. The van der Waals surface area contributed by atoms with Crippen LogP contribution in [0.2, 0.25) is 0 Å². The van der Waals surface area contributed by atoms with Gasteiger partial charge in [0.25, 0.3) is 0 Å². The Morgan fingerprint density at radius 3 is 1.14 bits per heavy atom. The van der Waals surface area contributed by atoms with E-state index in [9.17, 15) is 0 Å². The van der Waals surface area contributed by atoms with E-state index in [1.165, 1.54) is 0 Å². The Labute approximate surface area is 101 Å². The fourth-order valence-electron chi connectivity index (χ4n) is 0. The number of rotatable bonds is 0. The van der Waals surface area contributed by atoms with Crippen molar-refractivity contribution in [1.82, 2.24) is 0 Å². The summed E-state index contributed by atoms with van der Waals surface area (Å²) in [6.45, 7) is 0. The van der Waals surface area contributed by atoms with E-state index in [4.69, 9.17) is 15.7 Å². The normalized spacial score (nSPS) is 8.14. The zero-order chi connectivity index (χ0) is 4.50. The molecule has 0 aliphatic heterocycles. The van der Waals surface area contributed by atoms with Crippen molar-refractivity contribution in [3.63, 3.8) is 0 Å². The topological polar surface area (TPSA) is 71.4 Å². The first-order chi connectivity index (χ1) is 2.00. The van der Waals surface area contributed by atoms with E-state index < -0.39 is 13.0 Å². The molecule has 0 heterocycles. The van der Waals surface area contributed by atoms with Crippen LogP contribution in [0.4, 0.5) is 0 Å². The van der Waals surface area contributed by atoms with Crippen LogP contribution in [0.3, 0.4) is 0 Å². The van der Waals surface area contributed by atoms with E-state index in [0.29, 0.717) is 0 Å². The third-order valence-corrected chi connectivity index (χ3v) is 0. The molecule has 0 saturated heterocycles. The summed E-state index contributed by atoms with van der Waals surface area (Å²) in [5.41, 5.74) is 0. The predicted molar refractivity (Wildman–Crippen MR) is 20.0 cm³/mol. The van der Waals surface area contributed by atoms with Gasteiger partial charge in [-0.1, -0.05) is 0 Å². The molecule has 0 aromatic carbocycles. The van der Waals surface area contributed by atoms with Crippen LogP contribution in [0.5, 0.6) is 0 Å². The third kappa shape index (κ3) is 62.8. The predicted octanol–water partition coefficient (Wildman–Crippen LogP) is -2.48. The fraction of sp³-hybridized carbons (Fsp3) is 0. The Morgan fingerprint density at radius 2 is 1.14 bits per heavy atom. The van der Waals surface area contributed by atoms with Crippen LogP contribution < -0.4 is 0 Å². The number of hydrogen-bond donors (Lipinski definition) is 1. The van der Waals surface area contributed by atoms with Gasteiger partial charge in [-0.05, 0) is 0 Å². The molecule has 0 atom stereocenters. The zero-order valence-corrected chi connectivity index (χ0v) is 3.23. The van der Waals surface area contributed by atoms with Crippen LogP contribution >= 0.6 is 0 Å². The van der Waals surface area contributed by atoms with Crippen LogP contribution in [-0.2, 0) is 24.5 Å². The molecule has 4 nitrogen and oxygen atoms in total. The first-order valence-electron chi connectivity index (χ1n) is 0.632. The molecular weight excluding hydrogens is 182 g/mol. The van der Waals surface area contributed by atoms with Gasteiger partial charge in [0, 0.05) is 0 Å². The Balaban J connectivity index is -0.0000000800. The Hall–Kier alpha value is 2.28. The third-order valence-electron chi connectivity index (χ3n) is 0. The summed E-state index contributed by atoms with van der Waals surface area (Å²) in [7, 11) is 0. The van der Waals surface area contributed by atoms with Gasteiger partial charge >= 0.3 is 103 Å². The maximum absolute atomic E-state index is 8.69. The van der Waals surface area contributed by atoms with Crippen LogP contribution in [0.15, 0.2) is 0 Å². The molecule has 0 fully saturated rings. The molecule has 1 N–H and O–H groups in total.